The van der Waals surface area contributed by atoms with E-state index in [0.717, 1.165) is 23.5 Å². The van der Waals surface area contributed by atoms with E-state index in [9.17, 15) is 0 Å². The van der Waals surface area contributed by atoms with Crippen LogP contribution in [0.4, 0.5) is 17.1 Å². The van der Waals surface area contributed by atoms with Crippen LogP contribution in [0, 0.1) is 0 Å². The molecule has 1 heteroatoms. The molecular weight excluding hydrogens is 615 g/mol. The minimum Gasteiger partial charge on any atom is -0.310 e. The Morgan fingerprint density at radius 2 is 0.882 bits per heavy atom. The highest BCUT2D eigenvalue weighted by Crippen LogP contribution is 2.45. The van der Waals surface area contributed by atoms with Gasteiger partial charge in [0, 0.05) is 23.0 Å². The molecule has 242 valence electrons. The molecule has 0 aromatic heterocycles. The van der Waals surface area contributed by atoms with Gasteiger partial charge in [-0.1, -0.05) is 170 Å². The Bertz CT molecular complexity index is 2430. The topological polar surface area (TPSA) is 3.24 Å². The molecular formula is C50H37N. The van der Waals surface area contributed by atoms with Gasteiger partial charge in [0.15, 0.2) is 0 Å². The lowest BCUT2D eigenvalue weighted by molar-refractivity contribution is 0.794. The first-order valence-corrected chi connectivity index (χ1v) is 17.8. The third kappa shape index (κ3) is 5.94. The Balaban J connectivity index is 1.08. The Labute approximate surface area is 300 Å². The van der Waals surface area contributed by atoms with E-state index in [-0.39, 0.29) is 0 Å². The summed E-state index contributed by atoms with van der Waals surface area (Å²) in [6.07, 6.45) is 0.988. The normalized spacial score (nSPS) is 13.2. The lowest BCUT2D eigenvalue weighted by Gasteiger charge is -2.29. The van der Waals surface area contributed by atoms with Crippen molar-refractivity contribution in [3.63, 3.8) is 0 Å². The lowest BCUT2D eigenvalue weighted by Crippen LogP contribution is -2.12. The zero-order valence-corrected chi connectivity index (χ0v) is 28.4. The van der Waals surface area contributed by atoms with Gasteiger partial charge < -0.3 is 4.90 Å². The fourth-order valence-corrected chi connectivity index (χ4v) is 7.81. The summed E-state index contributed by atoms with van der Waals surface area (Å²) in [5.41, 5.74) is 17.6. The number of hydrogen-bond acceptors (Lipinski definition) is 1. The standard InChI is InChI=1S/C50H37N/c1-4-15-36(16-5-1)39-19-14-22-44(34-39)51(42-20-8-3-9-21-42)43-30-27-38(28-31-43)45-23-10-11-24-46(45)40-29-32-47-41(33-40)35-50(37-17-6-2-7-18-37)49-26-13-12-25-48(47)49/h1-34,50H,35H2. The van der Waals surface area contributed by atoms with Crippen LogP contribution in [0.25, 0.3) is 44.5 Å². The van der Waals surface area contributed by atoms with Crippen molar-refractivity contribution in [1.29, 1.82) is 0 Å². The van der Waals surface area contributed by atoms with Crippen LogP contribution in [-0.4, -0.2) is 0 Å². The van der Waals surface area contributed by atoms with Crippen LogP contribution in [0.1, 0.15) is 22.6 Å². The third-order valence-corrected chi connectivity index (χ3v) is 10.3. The zero-order valence-electron chi connectivity index (χ0n) is 28.4. The number of benzene rings is 8. The van der Waals surface area contributed by atoms with Gasteiger partial charge in [0.05, 0.1) is 0 Å². The van der Waals surface area contributed by atoms with E-state index in [0.29, 0.717) is 5.92 Å². The predicted molar refractivity (Wildman–Crippen MR) is 215 cm³/mol. The number of hydrogen-bond donors (Lipinski definition) is 0. The van der Waals surface area contributed by atoms with Crippen LogP contribution in [0.5, 0.6) is 0 Å². The summed E-state index contributed by atoms with van der Waals surface area (Å²) in [5, 5.41) is 0. The molecule has 0 radical (unpaired) electrons. The van der Waals surface area contributed by atoms with Gasteiger partial charge in [-0.05, 0) is 104 Å². The molecule has 0 fully saturated rings. The number of rotatable bonds is 7. The molecule has 0 amide bonds. The van der Waals surface area contributed by atoms with Crippen molar-refractivity contribution in [2.24, 2.45) is 0 Å². The van der Waals surface area contributed by atoms with Crippen molar-refractivity contribution >= 4 is 17.1 Å². The van der Waals surface area contributed by atoms with E-state index < -0.39 is 0 Å². The summed E-state index contributed by atoms with van der Waals surface area (Å²) in [6, 6.07) is 74.9. The molecule has 8 aromatic rings. The second-order valence-corrected chi connectivity index (χ2v) is 13.3. The van der Waals surface area contributed by atoms with Gasteiger partial charge in [0.1, 0.15) is 0 Å². The highest BCUT2D eigenvalue weighted by molar-refractivity contribution is 5.87. The van der Waals surface area contributed by atoms with Gasteiger partial charge in [-0.3, -0.25) is 0 Å². The van der Waals surface area contributed by atoms with E-state index in [1.54, 1.807) is 0 Å². The van der Waals surface area contributed by atoms with E-state index >= 15 is 0 Å². The molecule has 1 atom stereocenters. The highest BCUT2D eigenvalue weighted by Gasteiger charge is 2.26. The van der Waals surface area contributed by atoms with E-state index in [1.165, 1.54) is 61.2 Å². The molecule has 1 aliphatic rings. The first-order valence-electron chi connectivity index (χ1n) is 17.8. The molecule has 8 aromatic carbocycles. The summed E-state index contributed by atoms with van der Waals surface area (Å²) < 4.78 is 0. The molecule has 0 heterocycles. The van der Waals surface area contributed by atoms with Crippen molar-refractivity contribution in [1.82, 2.24) is 0 Å². The Morgan fingerprint density at radius 3 is 1.63 bits per heavy atom. The van der Waals surface area contributed by atoms with Gasteiger partial charge in [-0.2, -0.15) is 0 Å². The molecule has 1 aliphatic carbocycles. The average molecular weight is 652 g/mol. The smallest absolute Gasteiger partial charge is 0.0467 e. The molecule has 9 rings (SSSR count). The predicted octanol–water partition coefficient (Wildman–Crippen LogP) is 13.5. The van der Waals surface area contributed by atoms with Gasteiger partial charge in [0.25, 0.3) is 0 Å². The third-order valence-electron chi connectivity index (χ3n) is 10.3. The molecule has 0 spiro atoms. The van der Waals surface area contributed by atoms with Crippen LogP contribution in [0.3, 0.4) is 0 Å². The van der Waals surface area contributed by atoms with Crippen LogP contribution < -0.4 is 4.90 Å². The molecule has 0 aliphatic heterocycles. The quantitative estimate of drug-likeness (QED) is 0.166. The number of fused-ring (bicyclic) bond motifs is 3. The van der Waals surface area contributed by atoms with Gasteiger partial charge in [-0.15, -0.1) is 0 Å². The molecule has 0 saturated heterocycles. The van der Waals surface area contributed by atoms with Crippen molar-refractivity contribution in [3.8, 4) is 44.5 Å². The number of anilines is 3. The SMILES string of the molecule is c1ccc(-c2cccc(N(c3ccccc3)c3ccc(-c4ccccc4-c4ccc5c(c4)CC(c4ccccc4)c4ccccc4-5)cc3)c2)cc1. The van der Waals surface area contributed by atoms with Crippen molar-refractivity contribution in [2.45, 2.75) is 12.3 Å². The summed E-state index contributed by atoms with van der Waals surface area (Å²) in [6.45, 7) is 0. The molecule has 0 saturated carbocycles. The minimum atomic E-state index is 0.342. The second-order valence-electron chi connectivity index (χ2n) is 13.3. The van der Waals surface area contributed by atoms with Crippen molar-refractivity contribution < 1.29 is 0 Å². The van der Waals surface area contributed by atoms with Gasteiger partial charge in [-0.25, -0.2) is 0 Å². The van der Waals surface area contributed by atoms with E-state index in [1.807, 2.05) is 0 Å². The van der Waals surface area contributed by atoms with Gasteiger partial charge >= 0.3 is 0 Å². The van der Waals surface area contributed by atoms with E-state index in [2.05, 4.69) is 211 Å². The Hall–Kier alpha value is -6.44. The first-order chi connectivity index (χ1) is 25.3. The van der Waals surface area contributed by atoms with Crippen LogP contribution >= 0.6 is 0 Å². The molecule has 1 nitrogen and oxygen atoms in total. The first kappa shape index (κ1) is 30.6. The maximum atomic E-state index is 2.44. The van der Waals surface area contributed by atoms with E-state index in [4.69, 9.17) is 0 Å². The highest BCUT2D eigenvalue weighted by atomic mass is 15.1. The summed E-state index contributed by atoms with van der Waals surface area (Å²) in [5.74, 6) is 0.342. The lowest BCUT2D eigenvalue weighted by atomic mass is 9.75. The fourth-order valence-electron chi connectivity index (χ4n) is 7.81. The number of nitrogens with zero attached hydrogens (tertiary/aromatic N) is 1. The van der Waals surface area contributed by atoms with Gasteiger partial charge in [0.2, 0.25) is 0 Å². The summed E-state index contributed by atoms with van der Waals surface area (Å²) >= 11 is 0. The van der Waals surface area contributed by atoms with Crippen LogP contribution in [0.2, 0.25) is 0 Å². The molecule has 1 unspecified atom stereocenters. The molecule has 0 bridgehead atoms. The monoisotopic (exact) mass is 651 g/mol. The Kier molecular flexibility index (Phi) is 8.08. The largest absolute Gasteiger partial charge is 0.310 e. The fraction of sp³-hybridized carbons (Fsp3) is 0.0400. The minimum absolute atomic E-state index is 0.342. The Morgan fingerprint density at radius 1 is 0.333 bits per heavy atom. The average Bonchev–Trinajstić information content (AvgIpc) is 3.22. The van der Waals surface area contributed by atoms with Crippen molar-refractivity contribution in [2.75, 3.05) is 4.90 Å². The maximum Gasteiger partial charge on any atom is 0.0467 e. The second kappa shape index (κ2) is 13.5. The molecule has 0 N–H and O–H groups in total. The van der Waals surface area contributed by atoms with Crippen molar-refractivity contribution in [3.05, 3.63) is 223 Å². The summed E-state index contributed by atoms with van der Waals surface area (Å²) in [4.78, 5) is 2.34. The zero-order chi connectivity index (χ0) is 34.0. The van der Waals surface area contributed by atoms with Crippen LogP contribution in [0.15, 0.2) is 206 Å². The maximum absolute atomic E-state index is 2.44. The number of para-hydroxylation sites is 1. The summed E-state index contributed by atoms with van der Waals surface area (Å²) in [7, 11) is 0. The van der Waals surface area contributed by atoms with Crippen LogP contribution in [-0.2, 0) is 6.42 Å². The molecule has 51 heavy (non-hydrogen) atoms.